The molecule has 188 valence electrons. The first kappa shape index (κ1) is 26.3. The van der Waals surface area contributed by atoms with E-state index in [1.54, 1.807) is 4.90 Å². The minimum atomic E-state index is -0.827. The molecule has 0 saturated heterocycles. The number of nitrogens with one attached hydrogen (secondary N) is 1. The third kappa shape index (κ3) is 6.84. The molecule has 1 atom stereocenters. The Morgan fingerprint density at radius 2 is 1.60 bits per heavy atom. The largest absolute Gasteiger partial charge is 0.481 e. The van der Waals surface area contributed by atoms with Gasteiger partial charge in [-0.05, 0) is 47.9 Å². The molecular weight excluding hydrogens is 444 g/mol. The molecule has 1 aliphatic carbocycles. The van der Waals surface area contributed by atoms with Crippen molar-refractivity contribution < 1.29 is 24.2 Å². The maximum atomic E-state index is 12.9. The lowest BCUT2D eigenvalue weighted by molar-refractivity contribution is -0.137. The van der Waals surface area contributed by atoms with Crippen molar-refractivity contribution in [3.63, 3.8) is 0 Å². The summed E-state index contributed by atoms with van der Waals surface area (Å²) in [6, 6.07) is 16.0. The van der Waals surface area contributed by atoms with Gasteiger partial charge in [-0.1, -0.05) is 62.4 Å². The fraction of sp³-hybridized carbons (Fsp3) is 0.464. The van der Waals surface area contributed by atoms with Gasteiger partial charge in [-0.3, -0.25) is 9.59 Å². The molecular formula is C28H36N2O5. The monoisotopic (exact) mass is 480 g/mol. The SMILES string of the molecule is CCN(CCCCC(=O)O)C(=O)C[C@H](NC(=O)OCC1c2ccccc2-c2ccccc21)C(C)C. The van der Waals surface area contributed by atoms with Gasteiger partial charge in [0, 0.05) is 37.9 Å². The lowest BCUT2D eigenvalue weighted by Crippen LogP contribution is -2.44. The van der Waals surface area contributed by atoms with Crippen molar-refractivity contribution in [2.75, 3.05) is 19.7 Å². The van der Waals surface area contributed by atoms with E-state index in [1.807, 2.05) is 45.0 Å². The molecule has 0 aromatic heterocycles. The molecule has 0 radical (unpaired) electrons. The summed E-state index contributed by atoms with van der Waals surface area (Å²) in [6.45, 7) is 7.11. The Labute approximate surface area is 207 Å². The number of benzene rings is 2. The van der Waals surface area contributed by atoms with Crippen LogP contribution in [0.2, 0.25) is 0 Å². The topological polar surface area (TPSA) is 95.9 Å². The summed E-state index contributed by atoms with van der Waals surface area (Å²) < 4.78 is 5.66. The zero-order chi connectivity index (χ0) is 25.4. The van der Waals surface area contributed by atoms with Gasteiger partial charge in [0.05, 0.1) is 0 Å². The number of rotatable bonds is 12. The van der Waals surface area contributed by atoms with E-state index in [4.69, 9.17) is 9.84 Å². The highest BCUT2D eigenvalue weighted by Crippen LogP contribution is 2.44. The number of unbranched alkanes of at least 4 members (excludes halogenated alkanes) is 1. The summed E-state index contributed by atoms with van der Waals surface area (Å²) >= 11 is 0. The number of ether oxygens (including phenoxy) is 1. The van der Waals surface area contributed by atoms with Crippen LogP contribution in [0, 0.1) is 5.92 Å². The maximum Gasteiger partial charge on any atom is 0.407 e. The van der Waals surface area contributed by atoms with E-state index in [9.17, 15) is 14.4 Å². The van der Waals surface area contributed by atoms with Crippen LogP contribution in [-0.2, 0) is 14.3 Å². The first-order valence-electron chi connectivity index (χ1n) is 12.4. The van der Waals surface area contributed by atoms with Crippen molar-refractivity contribution in [2.24, 2.45) is 5.92 Å². The Morgan fingerprint density at radius 3 is 2.14 bits per heavy atom. The molecule has 0 fully saturated rings. The highest BCUT2D eigenvalue weighted by molar-refractivity contribution is 5.79. The second-order valence-electron chi connectivity index (χ2n) is 9.35. The summed E-state index contributed by atoms with van der Waals surface area (Å²) in [5.41, 5.74) is 4.65. The summed E-state index contributed by atoms with van der Waals surface area (Å²) in [5.74, 6) is -0.856. The Bertz CT molecular complexity index is 990. The number of hydrogen-bond acceptors (Lipinski definition) is 4. The van der Waals surface area contributed by atoms with E-state index >= 15 is 0 Å². The fourth-order valence-corrected chi connectivity index (χ4v) is 4.60. The van der Waals surface area contributed by atoms with Crippen LogP contribution >= 0.6 is 0 Å². The van der Waals surface area contributed by atoms with Crippen molar-refractivity contribution in [2.45, 2.75) is 58.4 Å². The Morgan fingerprint density at radius 1 is 1.00 bits per heavy atom. The van der Waals surface area contributed by atoms with E-state index in [2.05, 4.69) is 29.6 Å². The quantitative estimate of drug-likeness (QED) is 0.415. The number of hydrogen-bond donors (Lipinski definition) is 2. The maximum absolute atomic E-state index is 12.9. The molecule has 2 amide bonds. The van der Waals surface area contributed by atoms with Gasteiger partial charge >= 0.3 is 12.1 Å². The zero-order valence-corrected chi connectivity index (χ0v) is 20.8. The number of carboxylic acid groups (broad SMARTS) is 1. The van der Waals surface area contributed by atoms with Crippen molar-refractivity contribution in [3.05, 3.63) is 59.7 Å². The predicted molar refractivity (Wildman–Crippen MR) is 135 cm³/mol. The molecule has 2 aromatic rings. The molecule has 0 heterocycles. The van der Waals surface area contributed by atoms with Gasteiger partial charge in [-0.15, -0.1) is 0 Å². The predicted octanol–water partition coefficient (Wildman–Crippen LogP) is 5.04. The second-order valence-corrected chi connectivity index (χ2v) is 9.35. The van der Waals surface area contributed by atoms with E-state index in [1.165, 1.54) is 11.1 Å². The Hall–Kier alpha value is -3.35. The van der Waals surface area contributed by atoms with Gasteiger partial charge in [0.15, 0.2) is 0 Å². The molecule has 7 heteroatoms. The number of alkyl carbamates (subject to hydrolysis) is 1. The standard InChI is InChI=1S/C28H36N2O5/c1-4-30(16-10-9-15-27(32)33)26(31)17-25(19(2)3)29-28(34)35-18-24-22-13-7-5-11-20(22)21-12-6-8-14-23(21)24/h5-8,11-14,19,24-25H,4,9-10,15-18H2,1-3H3,(H,29,34)(H,32,33)/t25-/m0/s1. The zero-order valence-electron chi connectivity index (χ0n) is 20.8. The van der Waals surface area contributed by atoms with Crippen LogP contribution in [0.15, 0.2) is 48.5 Å². The molecule has 0 bridgehead atoms. The highest BCUT2D eigenvalue weighted by atomic mass is 16.5. The van der Waals surface area contributed by atoms with Crippen molar-refractivity contribution in [1.82, 2.24) is 10.2 Å². The van der Waals surface area contributed by atoms with Gasteiger partial charge in [0.1, 0.15) is 6.61 Å². The molecule has 0 saturated carbocycles. The molecule has 0 unspecified atom stereocenters. The van der Waals surface area contributed by atoms with Crippen molar-refractivity contribution in [3.8, 4) is 11.1 Å². The van der Waals surface area contributed by atoms with Crippen LogP contribution < -0.4 is 5.32 Å². The molecule has 0 spiro atoms. The van der Waals surface area contributed by atoms with Crippen LogP contribution in [-0.4, -0.2) is 53.7 Å². The van der Waals surface area contributed by atoms with Gasteiger partial charge < -0.3 is 20.1 Å². The lowest BCUT2D eigenvalue weighted by atomic mass is 9.98. The number of carboxylic acids is 1. The van der Waals surface area contributed by atoms with E-state index in [0.29, 0.717) is 25.9 Å². The summed E-state index contributed by atoms with van der Waals surface area (Å²) in [4.78, 5) is 38.0. The molecule has 35 heavy (non-hydrogen) atoms. The van der Waals surface area contributed by atoms with Crippen LogP contribution in [0.4, 0.5) is 4.79 Å². The van der Waals surface area contributed by atoms with Gasteiger partial charge in [-0.25, -0.2) is 4.79 Å². The number of amides is 2. The number of carbonyl (C=O) groups excluding carboxylic acids is 2. The summed E-state index contributed by atoms with van der Waals surface area (Å²) in [7, 11) is 0. The van der Waals surface area contributed by atoms with Crippen LogP contribution in [0.3, 0.4) is 0 Å². The number of fused-ring (bicyclic) bond motifs is 3. The number of aliphatic carboxylic acids is 1. The highest BCUT2D eigenvalue weighted by Gasteiger charge is 2.30. The molecule has 2 aromatic carbocycles. The normalized spacial score (nSPS) is 13.1. The van der Waals surface area contributed by atoms with Gasteiger partial charge in [0.25, 0.3) is 0 Å². The first-order valence-corrected chi connectivity index (χ1v) is 12.4. The lowest BCUT2D eigenvalue weighted by Gasteiger charge is -2.26. The van der Waals surface area contributed by atoms with Gasteiger partial charge in [-0.2, -0.15) is 0 Å². The first-order chi connectivity index (χ1) is 16.8. The Kier molecular flexibility index (Phi) is 9.29. The van der Waals surface area contributed by atoms with Crippen LogP contribution in [0.1, 0.15) is 63.5 Å². The third-order valence-electron chi connectivity index (χ3n) is 6.65. The smallest absolute Gasteiger partial charge is 0.407 e. The minimum Gasteiger partial charge on any atom is -0.481 e. The average molecular weight is 481 g/mol. The van der Waals surface area contributed by atoms with E-state index < -0.39 is 12.1 Å². The minimum absolute atomic E-state index is 0.0198. The average Bonchev–Trinajstić information content (AvgIpc) is 3.15. The molecule has 2 N–H and O–H groups in total. The summed E-state index contributed by atoms with van der Waals surface area (Å²) in [5, 5.41) is 11.7. The van der Waals surface area contributed by atoms with Crippen molar-refractivity contribution in [1.29, 1.82) is 0 Å². The fourth-order valence-electron chi connectivity index (χ4n) is 4.60. The van der Waals surface area contributed by atoms with Crippen LogP contribution in [0.25, 0.3) is 11.1 Å². The second kappa shape index (κ2) is 12.4. The molecule has 7 nitrogen and oxygen atoms in total. The van der Waals surface area contributed by atoms with E-state index in [0.717, 1.165) is 11.1 Å². The summed E-state index contributed by atoms with van der Waals surface area (Å²) in [6.07, 6.45) is 0.920. The van der Waals surface area contributed by atoms with Gasteiger partial charge in [0.2, 0.25) is 5.91 Å². The molecule has 1 aliphatic rings. The molecule has 3 rings (SSSR count). The number of nitrogens with zero attached hydrogens (tertiary/aromatic N) is 1. The van der Waals surface area contributed by atoms with E-state index in [-0.39, 0.29) is 43.2 Å². The third-order valence-corrected chi connectivity index (χ3v) is 6.65. The van der Waals surface area contributed by atoms with Crippen molar-refractivity contribution >= 4 is 18.0 Å². The molecule has 0 aliphatic heterocycles. The number of carbonyl (C=O) groups is 3. The Balaban J connectivity index is 1.56. The van der Waals surface area contributed by atoms with Crippen LogP contribution in [0.5, 0.6) is 0 Å².